The van der Waals surface area contributed by atoms with Crippen LogP contribution in [0.3, 0.4) is 0 Å². The van der Waals surface area contributed by atoms with Crippen LogP contribution in [0.1, 0.15) is 38.3 Å². The predicted molar refractivity (Wildman–Crippen MR) is 137 cm³/mol. The van der Waals surface area contributed by atoms with Crippen molar-refractivity contribution >= 4 is 34.1 Å². The molecule has 2 aromatic heterocycles. The number of benzene rings is 1. The number of anilines is 3. The largest absolute Gasteiger partial charge is 0.495 e. The number of hydrogen-bond acceptors (Lipinski definition) is 9. The summed E-state index contributed by atoms with van der Waals surface area (Å²) in [5, 5.41) is 3.60. The molecule has 0 spiro atoms. The van der Waals surface area contributed by atoms with Crippen molar-refractivity contribution in [2.75, 3.05) is 49.4 Å². The molecule has 2 aliphatic rings. The van der Waals surface area contributed by atoms with Crippen LogP contribution in [0.4, 0.5) is 17.3 Å². The smallest absolute Gasteiger partial charge is 0.151 e. The fraction of sp³-hybridized carbons (Fsp3) is 0.462. The van der Waals surface area contributed by atoms with Gasteiger partial charge in [0.05, 0.1) is 18.5 Å². The molecule has 0 saturated carbocycles. The third kappa shape index (κ3) is 4.73. The van der Waals surface area contributed by atoms with Gasteiger partial charge in [-0.05, 0) is 37.0 Å². The first kappa shape index (κ1) is 23.3. The van der Waals surface area contributed by atoms with Crippen LogP contribution >= 0.6 is 0 Å². The minimum absolute atomic E-state index is 0.305. The molecular formula is C26H32N6O3. The van der Waals surface area contributed by atoms with Crippen molar-refractivity contribution in [1.29, 1.82) is 0 Å². The Hall–Kier alpha value is -3.46. The summed E-state index contributed by atoms with van der Waals surface area (Å²) >= 11 is 0. The van der Waals surface area contributed by atoms with E-state index in [4.69, 9.17) is 25.2 Å². The molecule has 0 atom stereocenters. The minimum atomic E-state index is 0.305. The average molecular weight is 477 g/mol. The number of pyridine rings is 1. The number of carbonyl (C=O) groups is 1. The first-order valence-corrected chi connectivity index (χ1v) is 12.3. The van der Waals surface area contributed by atoms with E-state index in [9.17, 15) is 4.79 Å². The molecule has 184 valence electrons. The Morgan fingerprint density at radius 1 is 1.17 bits per heavy atom. The van der Waals surface area contributed by atoms with Gasteiger partial charge in [0.25, 0.3) is 0 Å². The van der Waals surface area contributed by atoms with E-state index in [0.29, 0.717) is 54.6 Å². The van der Waals surface area contributed by atoms with Crippen molar-refractivity contribution < 1.29 is 14.3 Å². The van der Waals surface area contributed by atoms with E-state index >= 15 is 0 Å². The number of hydrogen-bond donors (Lipinski definition) is 2. The van der Waals surface area contributed by atoms with Crippen LogP contribution in [-0.2, 0) is 16.0 Å². The molecule has 0 bridgehead atoms. The molecule has 0 aliphatic carbocycles. The van der Waals surface area contributed by atoms with Crippen LogP contribution in [0.5, 0.6) is 5.75 Å². The molecule has 9 nitrogen and oxygen atoms in total. The lowest BCUT2D eigenvalue weighted by Gasteiger charge is -2.29. The van der Waals surface area contributed by atoms with Crippen molar-refractivity contribution in [3.05, 3.63) is 30.1 Å². The van der Waals surface area contributed by atoms with Gasteiger partial charge in [-0.1, -0.05) is 13.0 Å². The van der Waals surface area contributed by atoms with Gasteiger partial charge in [-0.3, -0.25) is 4.79 Å². The van der Waals surface area contributed by atoms with E-state index in [0.717, 1.165) is 66.6 Å². The van der Waals surface area contributed by atoms with Crippen molar-refractivity contribution in [1.82, 2.24) is 15.0 Å². The number of fused-ring (bicyclic) bond motifs is 1. The second kappa shape index (κ2) is 10.0. The van der Waals surface area contributed by atoms with Crippen LogP contribution in [-0.4, -0.2) is 60.2 Å². The van der Waals surface area contributed by atoms with Gasteiger partial charge in [0, 0.05) is 56.9 Å². The Morgan fingerprint density at radius 3 is 2.66 bits per heavy atom. The lowest BCUT2D eigenvalue weighted by molar-refractivity contribution is -0.119. The number of aromatic nitrogens is 3. The van der Waals surface area contributed by atoms with E-state index in [-0.39, 0.29) is 0 Å². The summed E-state index contributed by atoms with van der Waals surface area (Å²) in [6.45, 7) is 4.97. The Kier molecular flexibility index (Phi) is 6.68. The topological polar surface area (TPSA) is 115 Å². The molecule has 1 aromatic carbocycles. The van der Waals surface area contributed by atoms with Gasteiger partial charge in [0.1, 0.15) is 28.4 Å². The summed E-state index contributed by atoms with van der Waals surface area (Å²) in [4.78, 5) is 28.2. The Labute approximate surface area is 205 Å². The molecular weight excluding hydrogens is 444 g/mol. The maximum Gasteiger partial charge on any atom is 0.151 e. The molecule has 2 aliphatic heterocycles. The number of nitrogens with two attached hydrogens (primary N) is 1. The van der Waals surface area contributed by atoms with E-state index < -0.39 is 0 Å². The molecule has 35 heavy (non-hydrogen) atoms. The number of Topliss-reactive ketones (excluding diaryl/α,β-unsaturated/α-hetero) is 1. The molecule has 9 heteroatoms. The molecule has 2 saturated heterocycles. The van der Waals surface area contributed by atoms with Gasteiger partial charge in [0.2, 0.25) is 0 Å². The van der Waals surface area contributed by atoms with Gasteiger partial charge in [0.15, 0.2) is 5.82 Å². The van der Waals surface area contributed by atoms with Crippen molar-refractivity contribution in [3.8, 4) is 16.9 Å². The maximum atomic E-state index is 11.7. The second-order valence-corrected chi connectivity index (χ2v) is 9.07. The number of nitrogen functional groups attached to an aromatic ring is 1. The maximum absolute atomic E-state index is 11.7. The zero-order valence-corrected chi connectivity index (χ0v) is 20.3. The van der Waals surface area contributed by atoms with Gasteiger partial charge >= 0.3 is 0 Å². The molecule has 2 fully saturated rings. The van der Waals surface area contributed by atoms with Gasteiger partial charge in [-0.15, -0.1) is 0 Å². The molecule has 4 heterocycles. The first-order valence-electron chi connectivity index (χ1n) is 12.3. The number of ketones is 1. The normalized spacial score (nSPS) is 17.1. The zero-order valence-electron chi connectivity index (χ0n) is 20.3. The molecule has 5 rings (SSSR count). The summed E-state index contributed by atoms with van der Waals surface area (Å²) in [7, 11) is 1.67. The zero-order chi connectivity index (χ0) is 24.4. The molecule has 0 amide bonds. The van der Waals surface area contributed by atoms with Crippen LogP contribution in [0.2, 0.25) is 0 Å². The van der Waals surface area contributed by atoms with Gasteiger partial charge < -0.3 is 25.4 Å². The molecule has 0 radical (unpaired) electrons. The lowest BCUT2D eigenvalue weighted by atomic mass is 10.0. The first-order chi connectivity index (χ1) is 17.1. The van der Waals surface area contributed by atoms with E-state index in [2.05, 4.69) is 22.1 Å². The van der Waals surface area contributed by atoms with Gasteiger partial charge in [-0.25, -0.2) is 15.0 Å². The van der Waals surface area contributed by atoms with Crippen LogP contribution in [0.15, 0.2) is 24.4 Å². The fourth-order valence-electron chi connectivity index (χ4n) is 4.80. The second-order valence-electron chi connectivity index (χ2n) is 9.07. The number of ether oxygens (including phenoxy) is 2. The van der Waals surface area contributed by atoms with Crippen molar-refractivity contribution in [2.24, 2.45) is 0 Å². The number of rotatable bonds is 6. The summed E-state index contributed by atoms with van der Waals surface area (Å²) in [5.41, 5.74) is 11.2. The SMILES string of the molecule is CCc1nc2c(N)ncc(-c3ccc(N4CCC(=O)CC4)c(OC)c3)c2nc1NC1CCOCC1. The third-order valence-corrected chi connectivity index (χ3v) is 6.85. The fourth-order valence-corrected chi connectivity index (χ4v) is 4.80. The minimum Gasteiger partial charge on any atom is -0.495 e. The molecule has 0 unspecified atom stereocenters. The lowest BCUT2D eigenvalue weighted by Crippen LogP contribution is -2.33. The monoisotopic (exact) mass is 476 g/mol. The number of piperidine rings is 1. The highest BCUT2D eigenvalue weighted by Crippen LogP contribution is 2.37. The Morgan fingerprint density at radius 2 is 1.94 bits per heavy atom. The number of aryl methyl sites for hydroxylation is 1. The number of methoxy groups -OCH3 is 1. The Bertz CT molecular complexity index is 1230. The standard InChI is InChI=1S/C26H32N6O3/c1-3-20-26(29-17-8-12-35-13-9-17)31-23-19(15-28-25(27)24(23)30-20)16-4-5-21(22(14-16)34-2)32-10-6-18(33)7-11-32/h4-5,14-15,17H,3,6-13H2,1-2H3,(H2,27,28)(H,29,31). The van der Waals surface area contributed by atoms with Crippen LogP contribution < -0.4 is 20.7 Å². The number of nitrogens with zero attached hydrogens (tertiary/aromatic N) is 4. The summed E-state index contributed by atoms with van der Waals surface area (Å²) < 4.78 is 11.3. The van der Waals surface area contributed by atoms with Crippen molar-refractivity contribution in [3.63, 3.8) is 0 Å². The number of carbonyl (C=O) groups excluding carboxylic acids is 1. The summed E-state index contributed by atoms with van der Waals surface area (Å²) in [5.74, 6) is 2.22. The third-order valence-electron chi connectivity index (χ3n) is 6.85. The Balaban J connectivity index is 1.56. The molecule has 3 N–H and O–H groups in total. The summed E-state index contributed by atoms with van der Waals surface area (Å²) in [6, 6.07) is 6.39. The van der Waals surface area contributed by atoms with E-state index in [1.807, 2.05) is 18.2 Å². The highest BCUT2D eigenvalue weighted by molar-refractivity contribution is 5.97. The quantitative estimate of drug-likeness (QED) is 0.550. The van der Waals surface area contributed by atoms with Gasteiger partial charge in [-0.2, -0.15) is 0 Å². The van der Waals surface area contributed by atoms with E-state index in [1.54, 1.807) is 13.3 Å². The van der Waals surface area contributed by atoms with Crippen molar-refractivity contribution in [2.45, 2.75) is 45.1 Å². The molecule has 3 aromatic rings. The average Bonchev–Trinajstić information content (AvgIpc) is 2.89. The number of nitrogens with one attached hydrogen (secondary N) is 1. The van der Waals surface area contributed by atoms with Crippen LogP contribution in [0.25, 0.3) is 22.2 Å². The van der Waals surface area contributed by atoms with E-state index in [1.165, 1.54) is 0 Å². The van der Waals surface area contributed by atoms with Crippen LogP contribution in [0, 0.1) is 0 Å². The highest BCUT2D eigenvalue weighted by Gasteiger charge is 2.22. The highest BCUT2D eigenvalue weighted by atomic mass is 16.5. The predicted octanol–water partition coefficient (Wildman–Crippen LogP) is 3.61. The summed E-state index contributed by atoms with van der Waals surface area (Å²) in [6.07, 6.45) is 5.50.